The first-order chi connectivity index (χ1) is 10.8. The predicted molar refractivity (Wildman–Crippen MR) is 93.7 cm³/mol. The Morgan fingerprint density at radius 1 is 1.39 bits per heavy atom. The number of rotatable bonds is 8. The molecule has 1 aromatic heterocycles. The number of pyridine rings is 1. The molecule has 23 heavy (non-hydrogen) atoms. The van der Waals surface area contributed by atoms with Crippen molar-refractivity contribution in [3.8, 4) is 0 Å². The van der Waals surface area contributed by atoms with Crippen LogP contribution in [-0.2, 0) is 16.0 Å². The van der Waals surface area contributed by atoms with Crippen molar-refractivity contribution in [2.45, 2.75) is 51.7 Å². The van der Waals surface area contributed by atoms with E-state index in [1.807, 2.05) is 18.4 Å². The van der Waals surface area contributed by atoms with Crippen LogP contribution in [0.5, 0.6) is 0 Å². The third-order valence-electron chi connectivity index (χ3n) is 3.07. The molecular formula is C17H26N2O3S. The van der Waals surface area contributed by atoms with E-state index in [9.17, 15) is 9.59 Å². The fourth-order valence-electron chi connectivity index (χ4n) is 1.99. The molecule has 0 bridgehead atoms. The van der Waals surface area contributed by atoms with Gasteiger partial charge in [-0.1, -0.05) is 6.07 Å². The average molecular weight is 338 g/mol. The zero-order valence-corrected chi connectivity index (χ0v) is 15.1. The van der Waals surface area contributed by atoms with Crippen molar-refractivity contribution < 1.29 is 14.3 Å². The molecule has 0 radical (unpaired) electrons. The van der Waals surface area contributed by atoms with Gasteiger partial charge in [-0.25, -0.2) is 4.79 Å². The predicted octanol–water partition coefficient (Wildman–Crippen LogP) is 3.23. The number of carbonyl (C=O) groups is 2. The van der Waals surface area contributed by atoms with E-state index < -0.39 is 17.7 Å². The number of hydrogen-bond donors (Lipinski definition) is 1. The molecule has 0 aliphatic rings. The first-order valence-corrected chi connectivity index (χ1v) is 9.11. The number of amides is 1. The van der Waals surface area contributed by atoms with Gasteiger partial charge in [0, 0.05) is 18.8 Å². The number of ether oxygens (including phenoxy) is 1. The highest BCUT2D eigenvalue weighted by Gasteiger charge is 2.23. The lowest BCUT2D eigenvalue weighted by Crippen LogP contribution is -2.44. The number of thioether (sulfide) groups is 1. The van der Waals surface area contributed by atoms with E-state index in [1.165, 1.54) is 0 Å². The van der Waals surface area contributed by atoms with Crippen molar-refractivity contribution in [1.29, 1.82) is 0 Å². The zero-order chi connectivity index (χ0) is 17.3. The monoisotopic (exact) mass is 338 g/mol. The van der Waals surface area contributed by atoms with Crippen molar-refractivity contribution in [3.63, 3.8) is 0 Å². The molecule has 5 nitrogen and oxygen atoms in total. The highest BCUT2D eigenvalue weighted by atomic mass is 32.2. The quantitative estimate of drug-likeness (QED) is 0.788. The van der Waals surface area contributed by atoms with Gasteiger partial charge in [0.1, 0.15) is 5.60 Å². The topological polar surface area (TPSA) is 68.3 Å². The summed E-state index contributed by atoms with van der Waals surface area (Å²) in [5.41, 5.74) is 0.439. The van der Waals surface area contributed by atoms with Crippen LogP contribution < -0.4 is 5.32 Å². The lowest BCUT2D eigenvalue weighted by molar-refractivity contribution is -0.121. The minimum absolute atomic E-state index is 0.0220. The van der Waals surface area contributed by atoms with E-state index in [-0.39, 0.29) is 5.78 Å². The van der Waals surface area contributed by atoms with Gasteiger partial charge in [0.25, 0.3) is 0 Å². The number of aryl methyl sites for hydroxylation is 1. The molecule has 0 spiro atoms. The highest BCUT2D eigenvalue weighted by molar-refractivity contribution is 7.98. The summed E-state index contributed by atoms with van der Waals surface area (Å²) in [6.45, 7) is 5.40. The fourth-order valence-corrected chi connectivity index (χ4v) is 2.46. The number of Topliss-reactive ketones (excluding diaryl/α,β-unsaturated/α-hetero) is 1. The molecule has 0 unspecified atom stereocenters. The lowest BCUT2D eigenvalue weighted by atomic mass is 10.0. The Morgan fingerprint density at radius 2 is 2.13 bits per heavy atom. The van der Waals surface area contributed by atoms with Gasteiger partial charge in [0.15, 0.2) is 5.78 Å². The molecule has 1 amide bonds. The Labute approximate surface area is 142 Å². The van der Waals surface area contributed by atoms with E-state index in [2.05, 4.69) is 10.3 Å². The zero-order valence-electron chi connectivity index (χ0n) is 14.3. The molecule has 0 aliphatic carbocycles. The Morgan fingerprint density at radius 3 is 2.70 bits per heavy atom. The molecule has 6 heteroatoms. The van der Waals surface area contributed by atoms with Gasteiger partial charge in [-0.2, -0.15) is 11.8 Å². The molecule has 1 rings (SSSR count). The average Bonchev–Trinajstić information content (AvgIpc) is 2.48. The third kappa shape index (κ3) is 8.59. The van der Waals surface area contributed by atoms with Gasteiger partial charge < -0.3 is 10.1 Å². The molecule has 1 atom stereocenters. The first-order valence-electron chi connectivity index (χ1n) is 7.72. The second-order valence-electron chi connectivity index (χ2n) is 6.31. The maximum absolute atomic E-state index is 12.4. The number of ketones is 1. The number of nitrogens with zero attached hydrogens (tertiary/aromatic N) is 1. The van der Waals surface area contributed by atoms with Gasteiger partial charge in [-0.05, 0) is 57.3 Å². The van der Waals surface area contributed by atoms with Crippen LogP contribution in [0.1, 0.15) is 39.2 Å². The Hall–Kier alpha value is -1.56. The summed E-state index contributed by atoms with van der Waals surface area (Å²) in [6, 6.07) is 3.29. The molecule has 1 aromatic rings. The second kappa shape index (κ2) is 9.55. The maximum Gasteiger partial charge on any atom is 0.408 e. The number of carbonyl (C=O) groups excluding carboxylic acids is 2. The van der Waals surface area contributed by atoms with Crippen molar-refractivity contribution in [2.75, 3.05) is 12.0 Å². The summed E-state index contributed by atoms with van der Waals surface area (Å²) in [6.07, 6.45) is 6.50. The van der Waals surface area contributed by atoms with Gasteiger partial charge in [0.05, 0.1) is 6.04 Å². The summed E-state index contributed by atoms with van der Waals surface area (Å²) in [7, 11) is 0. The van der Waals surface area contributed by atoms with Crippen LogP contribution in [0, 0.1) is 0 Å². The van der Waals surface area contributed by atoms with Gasteiger partial charge >= 0.3 is 6.09 Å². The number of aromatic nitrogens is 1. The minimum Gasteiger partial charge on any atom is -0.444 e. The van der Waals surface area contributed by atoms with E-state index in [0.717, 1.165) is 11.3 Å². The molecular weight excluding hydrogens is 312 g/mol. The van der Waals surface area contributed by atoms with Crippen LogP contribution in [-0.4, -0.2) is 40.5 Å². The summed E-state index contributed by atoms with van der Waals surface area (Å²) < 4.78 is 5.24. The van der Waals surface area contributed by atoms with Crippen molar-refractivity contribution in [2.24, 2.45) is 0 Å². The number of hydrogen-bond acceptors (Lipinski definition) is 5. The van der Waals surface area contributed by atoms with Crippen LogP contribution in [0.25, 0.3) is 0 Å². The van der Waals surface area contributed by atoms with E-state index in [1.54, 1.807) is 44.9 Å². The van der Waals surface area contributed by atoms with Gasteiger partial charge in [0.2, 0.25) is 0 Å². The molecule has 128 valence electrons. The summed E-state index contributed by atoms with van der Waals surface area (Å²) >= 11 is 1.65. The van der Waals surface area contributed by atoms with Crippen molar-refractivity contribution in [1.82, 2.24) is 10.3 Å². The molecule has 0 fully saturated rings. The standard InChI is InChI=1S/C17H26N2O3S/c1-17(2,3)22-16(21)19-14(9-11-23-4)15(20)8-7-13-6-5-10-18-12-13/h5-6,10,12,14H,7-9,11H2,1-4H3,(H,19,21)/t14-/m0/s1. The number of alkyl carbamates (subject to hydrolysis) is 1. The Balaban J connectivity index is 2.57. The van der Waals surface area contributed by atoms with E-state index in [4.69, 9.17) is 4.74 Å². The summed E-state index contributed by atoms with van der Waals surface area (Å²) in [5, 5.41) is 2.70. The van der Waals surface area contributed by atoms with Crippen LogP contribution in [0.3, 0.4) is 0 Å². The van der Waals surface area contributed by atoms with Crippen LogP contribution in [0.15, 0.2) is 24.5 Å². The van der Waals surface area contributed by atoms with E-state index in [0.29, 0.717) is 19.3 Å². The number of nitrogens with one attached hydrogen (secondary N) is 1. The second-order valence-corrected chi connectivity index (χ2v) is 7.29. The first kappa shape index (κ1) is 19.5. The van der Waals surface area contributed by atoms with Gasteiger partial charge in [-0.3, -0.25) is 9.78 Å². The van der Waals surface area contributed by atoms with Crippen LogP contribution in [0.2, 0.25) is 0 Å². The molecule has 1 N–H and O–H groups in total. The lowest BCUT2D eigenvalue weighted by Gasteiger charge is -2.23. The molecule has 1 heterocycles. The van der Waals surface area contributed by atoms with Gasteiger partial charge in [-0.15, -0.1) is 0 Å². The van der Waals surface area contributed by atoms with Crippen LogP contribution in [0.4, 0.5) is 4.79 Å². The highest BCUT2D eigenvalue weighted by Crippen LogP contribution is 2.10. The summed E-state index contributed by atoms with van der Waals surface area (Å²) in [5.74, 6) is 0.827. The molecule has 0 saturated carbocycles. The minimum atomic E-state index is -0.576. The SMILES string of the molecule is CSCC[C@H](NC(=O)OC(C)(C)C)C(=O)CCc1cccnc1. The van der Waals surface area contributed by atoms with Crippen molar-refractivity contribution in [3.05, 3.63) is 30.1 Å². The third-order valence-corrected chi connectivity index (χ3v) is 3.72. The fraction of sp³-hybridized carbons (Fsp3) is 0.588. The Bertz CT molecular complexity index is 500. The largest absolute Gasteiger partial charge is 0.444 e. The van der Waals surface area contributed by atoms with E-state index >= 15 is 0 Å². The molecule has 0 saturated heterocycles. The normalized spacial score (nSPS) is 12.5. The molecule has 0 aromatic carbocycles. The van der Waals surface area contributed by atoms with Crippen molar-refractivity contribution >= 4 is 23.6 Å². The van der Waals surface area contributed by atoms with Crippen LogP contribution >= 0.6 is 11.8 Å². The maximum atomic E-state index is 12.4. The Kier molecular flexibility index (Phi) is 8.09. The smallest absolute Gasteiger partial charge is 0.408 e. The summed E-state index contributed by atoms with van der Waals surface area (Å²) in [4.78, 5) is 28.4. The molecule has 0 aliphatic heterocycles.